The van der Waals surface area contributed by atoms with Crippen LogP contribution in [0.15, 0.2) is 11.9 Å². The van der Waals surface area contributed by atoms with Crippen molar-refractivity contribution in [1.29, 1.82) is 5.26 Å². The van der Waals surface area contributed by atoms with Crippen LogP contribution in [-0.2, 0) is 13.6 Å². The van der Waals surface area contributed by atoms with Gasteiger partial charge in [-0.2, -0.15) is 5.26 Å². The Morgan fingerprint density at radius 2 is 1.92 bits per heavy atom. The first-order valence-electron chi connectivity index (χ1n) is 2.76. The molecule has 0 aromatic rings. The van der Waals surface area contributed by atoms with Crippen molar-refractivity contribution >= 4 is 7.60 Å². The monoisotopic (exact) mass is 197 g/mol. The molecule has 7 heteroatoms. The molecule has 68 valence electrons. The molecule has 0 radical (unpaired) electrons. The molecule has 0 saturated carbocycles. The molecule has 0 aromatic carbocycles. The third-order valence-corrected chi connectivity index (χ3v) is 2.22. The van der Waals surface area contributed by atoms with Gasteiger partial charge in [-0.05, 0) is 0 Å². The molecule has 0 saturated heterocycles. The predicted molar refractivity (Wildman–Crippen MR) is 36.5 cm³/mol. The fraction of sp³-hybridized carbons (Fsp3) is 0.400. The van der Waals surface area contributed by atoms with Crippen LogP contribution in [0, 0.1) is 11.3 Å². The van der Waals surface area contributed by atoms with Gasteiger partial charge in [-0.25, -0.2) is 8.78 Å². The molecular weight excluding hydrogens is 191 g/mol. The van der Waals surface area contributed by atoms with Gasteiger partial charge in [-0.1, -0.05) is 0 Å². The average Bonchev–Trinajstić information content (AvgIpc) is 2.02. The van der Waals surface area contributed by atoms with Crippen LogP contribution in [-0.4, -0.2) is 13.7 Å². The van der Waals surface area contributed by atoms with Gasteiger partial charge in [0.1, 0.15) is 0 Å². The van der Waals surface area contributed by atoms with E-state index >= 15 is 0 Å². The summed E-state index contributed by atoms with van der Waals surface area (Å²) in [5.41, 5.74) is 0. The molecule has 12 heavy (non-hydrogen) atoms. The van der Waals surface area contributed by atoms with Gasteiger partial charge >= 0.3 is 7.60 Å². The SMILES string of the molecule is N#CC=CP(=O)(OCF)OCF. The summed E-state index contributed by atoms with van der Waals surface area (Å²) in [7, 11) is -3.89. The van der Waals surface area contributed by atoms with E-state index in [2.05, 4.69) is 9.05 Å². The second-order valence-corrected chi connectivity index (χ2v) is 3.36. The maximum Gasteiger partial charge on any atom is 0.359 e. The zero-order valence-electron chi connectivity index (χ0n) is 5.94. The number of nitrogens with zero attached hydrogens (tertiary/aromatic N) is 1. The van der Waals surface area contributed by atoms with Crippen LogP contribution in [0.25, 0.3) is 0 Å². The summed E-state index contributed by atoms with van der Waals surface area (Å²) >= 11 is 0. The predicted octanol–water partition coefficient (Wildman–Crippen LogP) is 2.10. The Morgan fingerprint density at radius 3 is 2.25 bits per heavy atom. The molecule has 0 N–H and O–H groups in total. The summed E-state index contributed by atoms with van der Waals surface area (Å²) in [4.78, 5) is 0. The van der Waals surface area contributed by atoms with Crippen molar-refractivity contribution in [3.8, 4) is 6.07 Å². The molecule has 0 amide bonds. The number of rotatable bonds is 5. The Morgan fingerprint density at radius 1 is 1.42 bits per heavy atom. The Bertz CT molecular complexity index is 227. The molecule has 0 aliphatic rings. The van der Waals surface area contributed by atoms with Gasteiger partial charge in [0, 0.05) is 11.9 Å². The smallest absolute Gasteiger partial charge is 0.273 e. The van der Waals surface area contributed by atoms with E-state index in [0.29, 0.717) is 5.82 Å². The first-order chi connectivity index (χ1) is 5.68. The van der Waals surface area contributed by atoms with Crippen LogP contribution in [0.4, 0.5) is 8.78 Å². The van der Waals surface area contributed by atoms with E-state index in [1.165, 1.54) is 6.07 Å². The van der Waals surface area contributed by atoms with Crippen molar-refractivity contribution < 1.29 is 22.4 Å². The molecule has 0 aliphatic heterocycles. The van der Waals surface area contributed by atoms with Crippen LogP contribution in [0.3, 0.4) is 0 Å². The Labute approximate surface area is 67.9 Å². The standard InChI is InChI=1S/C5H6F2NO3P/c6-4-10-12(9,11-5-7)3-1-2-8/h1,3H,4-5H2. The fourth-order valence-electron chi connectivity index (χ4n) is 0.384. The maximum atomic E-state index is 11.5. The van der Waals surface area contributed by atoms with E-state index in [4.69, 9.17) is 5.26 Å². The van der Waals surface area contributed by atoms with Crippen molar-refractivity contribution in [2.75, 3.05) is 13.7 Å². The highest BCUT2D eigenvalue weighted by Crippen LogP contribution is 2.49. The largest absolute Gasteiger partial charge is 0.359 e. The first kappa shape index (κ1) is 11.2. The van der Waals surface area contributed by atoms with Gasteiger partial charge in [-0.3, -0.25) is 13.6 Å². The van der Waals surface area contributed by atoms with Gasteiger partial charge in [0.15, 0.2) is 13.7 Å². The molecule has 0 atom stereocenters. The number of allylic oxidation sites excluding steroid dienone is 1. The third kappa shape index (κ3) is 4.19. The lowest BCUT2D eigenvalue weighted by Gasteiger charge is -2.08. The van der Waals surface area contributed by atoms with Gasteiger partial charge in [0.2, 0.25) is 0 Å². The lowest BCUT2D eigenvalue weighted by Crippen LogP contribution is -1.90. The van der Waals surface area contributed by atoms with E-state index in [9.17, 15) is 13.3 Å². The Kier molecular flexibility index (Phi) is 5.47. The fourth-order valence-corrected chi connectivity index (χ4v) is 1.15. The van der Waals surface area contributed by atoms with Crippen molar-refractivity contribution in [3.63, 3.8) is 0 Å². The summed E-state index contributed by atoms with van der Waals surface area (Å²) in [6.07, 6.45) is 0.770. The van der Waals surface area contributed by atoms with Crippen molar-refractivity contribution in [2.24, 2.45) is 0 Å². The minimum atomic E-state index is -3.89. The molecule has 0 unspecified atom stereocenters. The molecule has 0 heterocycles. The van der Waals surface area contributed by atoms with Crippen LogP contribution in [0.2, 0.25) is 0 Å². The second-order valence-electron chi connectivity index (χ2n) is 1.46. The Hall–Kier alpha value is -0.760. The lowest BCUT2D eigenvalue weighted by molar-refractivity contribution is 0.117. The highest BCUT2D eigenvalue weighted by molar-refractivity contribution is 7.57. The zero-order chi connectivity index (χ0) is 9.45. The summed E-state index contributed by atoms with van der Waals surface area (Å²) < 4.78 is 42.0. The highest BCUT2D eigenvalue weighted by Gasteiger charge is 2.20. The van der Waals surface area contributed by atoms with Crippen LogP contribution in [0.5, 0.6) is 0 Å². The molecule has 0 bridgehead atoms. The lowest BCUT2D eigenvalue weighted by atomic mass is 10.7. The molecule has 4 nitrogen and oxygen atoms in total. The maximum absolute atomic E-state index is 11.5. The van der Waals surface area contributed by atoms with Crippen molar-refractivity contribution in [2.45, 2.75) is 0 Å². The van der Waals surface area contributed by atoms with Crippen LogP contribution >= 0.6 is 7.60 Å². The normalized spacial score (nSPS) is 11.8. The third-order valence-electron chi connectivity index (χ3n) is 0.789. The summed E-state index contributed by atoms with van der Waals surface area (Å²) in [5, 5.41) is 8.01. The summed E-state index contributed by atoms with van der Waals surface area (Å²) in [5.74, 6) is 0.687. The first-order valence-corrected chi connectivity index (χ1v) is 4.38. The van der Waals surface area contributed by atoms with E-state index < -0.39 is 21.3 Å². The molecule has 0 rings (SSSR count). The average molecular weight is 197 g/mol. The molecule has 0 fully saturated rings. The van der Waals surface area contributed by atoms with Crippen molar-refractivity contribution in [1.82, 2.24) is 0 Å². The van der Waals surface area contributed by atoms with E-state index in [1.54, 1.807) is 0 Å². The molecule has 0 spiro atoms. The van der Waals surface area contributed by atoms with Crippen LogP contribution < -0.4 is 0 Å². The number of alkyl halides is 2. The summed E-state index contributed by atoms with van der Waals surface area (Å²) in [6.45, 7) is -2.74. The number of hydrogen-bond donors (Lipinski definition) is 0. The zero-order valence-corrected chi connectivity index (χ0v) is 6.84. The minimum absolute atomic E-state index is 0.687. The van der Waals surface area contributed by atoms with Crippen LogP contribution in [0.1, 0.15) is 0 Å². The number of halogens is 2. The Balaban J connectivity index is 4.30. The summed E-state index contributed by atoms with van der Waals surface area (Å²) in [6, 6.07) is 1.48. The van der Waals surface area contributed by atoms with Gasteiger partial charge in [0.05, 0.1) is 6.07 Å². The molecular formula is C5H6F2NO3P. The second kappa shape index (κ2) is 5.84. The highest BCUT2D eigenvalue weighted by atomic mass is 31.2. The quantitative estimate of drug-likeness (QED) is 0.500. The van der Waals surface area contributed by atoms with Gasteiger partial charge < -0.3 is 0 Å². The van der Waals surface area contributed by atoms with Gasteiger partial charge in [0.25, 0.3) is 0 Å². The molecule has 0 aliphatic carbocycles. The number of nitriles is 1. The molecule has 0 aromatic heterocycles. The minimum Gasteiger partial charge on any atom is -0.273 e. The van der Waals surface area contributed by atoms with E-state index in [-0.39, 0.29) is 0 Å². The van der Waals surface area contributed by atoms with E-state index in [1.807, 2.05) is 0 Å². The van der Waals surface area contributed by atoms with E-state index in [0.717, 1.165) is 6.08 Å². The van der Waals surface area contributed by atoms with Gasteiger partial charge in [-0.15, -0.1) is 0 Å². The van der Waals surface area contributed by atoms with Crippen molar-refractivity contribution in [3.05, 3.63) is 11.9 Å². The number of hydrogen-bond acceptors (Lipinski definition) is 4. The topological polar surface area (TPSA) is 59.3 Å².